The topological polar surface area (TPSA) is 74.9 Å². The number of likely N-dealkylation sites (N-methyl/N-ethyl adjacent to an activating group) is 1. The number of nitrogens with zero attached hydrogens (tertiary/aromatic N) is 3. The van der Waals surface area contributed by atoms with Crippen LogP contribution in [0.4, 0.5) is 0 Å². The van der Waals surface area contributed by atoms with Gasteiger partial charge < -0.3 is 5.11 Å². The molecule has 2 aromatic rings. The van der Waals surface area contributed by atoms with Crippen LogP contribution in [0.15, 0.2) is 16.6 Å². The average molecular weight is 324 g/mol. The fourth-order valence-electron chi connectivity index (χ4n) is 1.75. The summed E-state index contributed by atoms with van der Waals surface area (Å²) >= 11 is 7.21. The number of hydrogen-bond acceptors (Lipinski definition) is 5. The zero-order chi connectivity index (χ0) is 14.4. The number of fused-ring (bicyclic) bond motifs is 1. The minimum atomic E-state index is -3.81. The molecule has 0 aliphatic heterocycles. The van der Waals surface area contributed by atoms with Gasteiger partial charge in [0.25, 0.3) is 10.0 Å². The lowest BCUT2D eigenvalue weighted by atomic mass is 10.1. The van der Waals surface area contributed by atoms with Crippen molar-refractivity contribution in [2.75, 3.05) is 13.6 Å². The van der Waals surface area contributed by atoms with Gasteiger partial charge in [-0.25, -0.2) is 13.4 Å². The Kier molecular flexibility index (Phi) is 3.65. The molecule has 0 bridgehead atoms. The van der Waals surface area contributed by atoms with Crippen molar-refractivity contribution in [1.29, 1.82) is 0 Å². The average Bonchev–Trinajstić information content (AvgIpc) is 2.73. The normalized spacial score (nSPS) is 13.6. The lowest BCUT2D eigenvalue weighted by molar-refractivity contribution is 0.0639. The molecule has 9 heteroatoms. The van der Waals surface area contributed by atoms with Crippen LogP contribution in [0, 0.1) is 0 Å². The van der Waals surface area contributed by atoms with Gasteiger partial charge in [0.2, 0.25) is 0 Å². The fraction of sp³-hybridized carbons (Fsp3) is 0.500. The van der Waals surface area contributed by atoms with Gasteiger partial charge in [-0.15, -0.1) is 11.3 Å². The first kappa shape index (κ1) is 14.7. The highest BCUT2D eigenvalue weighted by Gasteiger charge is 2.31. The molecule has 0 amide bonds. The van der Waals surface area contributed by atoms with Crippen molar-refractivity contribution in [1.82, 2.24) is 13.7 Å². The van der Waals surface area contributed by atoms with Crippen LogP contribution in [0.2, 0.25) is 5.15 Å². The van der Waals surface area contributed by atoms with Crippen LogP contribution in [0.5, 0.6) is 0 Å². The monoisotopic (exact) mass is 323 g/mol. The van der Waals surface area contributed by atoms with E-state index in [9.17, 15) is 13.5 Å². The van der Waals surface area contributed by atoms with E-state index in [2.05, 4.69) is 4.98 Å². The predicted molar refractivity (Wildman–Crippen MR) is 74.2 cm³/mol. The summed E-state index contributed by atoms with van der Waals surface area (Å²) < 4.78 is 27.5. The number of halogens is 1. The molecule has 2 rings (SSSR count). The van der Waals surface area contributed by atoms with Gasteiger partial charge in [0, 0.05) is 25.2 Å². The van der Waals surface area contributed by atoms with Gasteiger partial charge in [-0.3, -0.25) is 4.40 Å². The summed E-state index contributed by atoms with van der Waals surface area (Å²) in [5.74, 6) is 0. The Hall–Kier alpha value is -0.670. The van der Waals surface area contributed by atoms with Crippen LogP contribution in [-0.2, 0) is 10.0 Å². The SMILES string of the molecule is CN(CC(C)(C)O)S(=O)(=O)c1c(Cl)nc2sccn12. The zero-order valence-electron chi connectivity index (χ0n) is 10.7. The molecule has 0 fully saturated rings. The van der Waals surface area contributed by atoms with Crippen molar-refractivity contribution in [3.63, 3.8) is 0 Å². The van der Waals surface area contributed by atoms with E-state index in [1.807, 2.05) is 0 Å². The molecule has 0 saturated carbocycles. The van der Waals surface area contributed by atoms with E-state index in [-0.39, 0.29) is 16.7 Å². The smallest absolute Gasteiger partial charge is 0.262 e. The molecule has 0 unspecified atom stereocenters. The van der Waals surface area contributed by atoms with Crippen LogP contribution in [0.3, 0.4) is 0 Å². The fourth-order valence-corrected chi connectivity index (χ4v) is 4.47. The maximum Gasteiger partial charge on any atom is 0.262 e. The van der Waals surface area contributed by atoms with Crippen molar-refractivity contribution in [3.05, 3.63) is 16.7 Å². The van der Waals surface area contributed by atoms with E-state index < -0.39 is 15.6 Å². The number of aromatic nitrogens is 2. The number of aliphatic hydroxyl groups is 1. The molecular weight excluding hydrogens is 310 g/mol. The van der Waals surface area contributed by atoms with Crippen molar-refractivity contribution >= 4 is 37.9 Å². The Bertz CT molecular complexity index is 699. The van der Waals surface area contributed by atoms with Gasteiger partial charge in [-0.2, -0.15) is 4.31 Å². The Labute approximate surface area is 120 Å². The summed E-state index contributed by atoms with van der Waals surface area (Å²) in [7, 11) is -2.41. The van der Waals surface area contributed by atoms with Crippen molar-refractivity contribution < 1.29 is 13.5 Å². The third-order valence-electron chi connectivity index (χ3n) is 2.44. The zero-order valence-corrected chi connectivity index (χ0v) is 13.1. The first-order chi connectivity index (χ1) is 8.63. The van der Waals surface area contributed by atoms with E-state index >= 15 is 0 Å². The van der Waals surface area contributed by atoms with E-state index in [1.54, 1.807) is 11.6 Å². The molecule has 0 spiro atoms. The van der Waals surface area contributed by atoms with Gasteiger partial charge in [0.1, 0.15) is 0 Å². The summed E-state index contributed by atoms with van der Waals surface area (Å²) in [6.07, 6.45) is 1.60. The molecule has 0 radical (unpaired) electrons. The van der Waals surface area contributed by atoms with Crippen molar-refractivity contribution in [3.8, 4) is 0 Å². The maximum atomic E-state index is 12.5. The number of imidazole rings is 1. The molecule has 0 saturated heterocycles. The van der Waals surface area contributed by atoms with E-state index in [1.165, 1.54) is 36.6 Å². The van der Waals surface area contributed by atoms with E-state index in [4.69, 9.17) is 11.6 Å². The van der Waals surface area contributed by atoms with Gasteiger partial charge in [-0.05, 0) is 13.8 Å². The Morgan fingerprint density at radius 3 is 2.79 bits per heavy atom. The highest BCUT2D eigenvalue weighted by molar-refractivity contribution is 7.89. The van der Waals surface area contributed by atoms with Crippen LogP contribution in [-0.4, -0.2) is 46.4 Å². The summed E-state index contributed by atoms with van der Waals surface area (Å²) in [6, 6.07) is 0. The third-order valence-corrected chi connectivity index (χ3v) is 5.40. The van der Waals surface area contributed by atoms with Gasteiger partial charge in [0.15, 0.2) is 15.1 Å². The molecule has 2 aromatic heterocycles. The van der Waals surface area contributed by atoms with Crippen LogP contribution in [0.25, 0.3) is 4.96 Å². The minimum Gasteiger partial charge on any atom is -0.389 e. The second kappa shape index (κ2) is 4.71. The van der Waals surface area contributed by atoms with Crippen LogP contribution >= 0.6 is 22.9 Å². The second-order valence-corrected chi connectivity index (χ2v) is 8.03. The van der Waals surface area contributed by atoms with Gasteiger partial charge in [-0.1, -0.05) is 11.6 Å². The summed E-state index contributed by atoms with van der Waals surface area (Å²) in [5, 5.41) is 11.3. The third kappa shape index (κ3) is 2.77. The first-order valence-corrected chi connectivity index (χ1v) is 8.12. The molecule has 19 heavy (non-hydrogen) atoms. The lowest BCUT2D eigenvalue weighted by Gasteiger charge is -2.24. The summed E-state index contributed by atoms with van der Waals surface area (Å²) in [4.78, 5) is 4.51. The quantitative estimate of drug-likeness (QED) is 0.924. The molecule has 2 heterocycles. The largest absolute Gasteiger partial charge is 0.389 e. The Morgan fingerprint density at radius 1 is 1.58 bits per heavy atom. The Morgan fingerprint density at radius 2 is 2.21 bits per heavy atom. The molecule has 0 atom stereocenters. The van der Waals surface area contributed by atoms with Crippen LogP contribution in [0.1, 0.15) is 13.8 Å². The molecule has 1 N–H and O–H groups in total. The highest BCUT2D eigenvalue weighted by Crippen LogP contribution is 2.27. The van der Waals surface area contributed by atoms with E-state index in [0.717, 1.165) is 4.31 Å². The van der Waals surface area contributed by atoms with Gasteiger partial charge >= 0.3 is 0 Å². The van der Waals surface area contributed by atoms with E-state index in [0.29, 0.717) is 4.96 Å². The van der Waals surface area contributed by atoms with Gasteiger partial charge in [0.05, 0.1) is 5.60 Å². The number of sulfonamides is 1. The highest BCUT2D eigenvalue weighted by atomic mass is 35.5. The number of hydrogen-bond donors (Lipinski definition) is 1. The Balaban J connectivity index is 2.50. The van der Waals surface area contributed by atoms with Crippen molar-refractivity contribution in [2.45, 2.75) is 24.5 Å². The first-order valence-electron chi connectivity index (χ1n) is 5.43. The lowest BCUT2D eigenvalue weighted by Crippen LogP contribution is -2.40. The number of thiazole rings is 1. The second-order valence-electron chi connectivity index (χ2n) is 4.84. The molecule has 0 aliphatic rings. The van der Waals surface area contributed by atoms with Crippen molar-refractivity contribution in [2.24, 2.45) is 0 Å². The maximum absolute atomic E-state index is 12.5. The standard InChI is InChI=1S/C10H14ClN3O3S2/c1-10(2,15)6-13(3)19(16,17)8-7(11)12-9-14(8)4-5-18-9/h4-5,15H,6H2,1-3H3. The number of rotatable bonds is 4. The minimum absolute atomic E-state index is 0.0387. The predicted octanol–water partition coefficient (Wildman–Crippen LogP) is 1.44. The summed E-state index contributed by atoms with van der Waals surface area (Å²) in [5.41, 5.74) is -1.13. The molecule has 0 aromatic carbocycles. The molecule has 6 nitrogen and oxygen atoms in total. The molecular formula is C10H14ClN3O3S2. The molecule has 0 aliphatic carbocycles. The van der Waals surface area contributed by atoms with Crippen LogP contribution < -0.4 is 0 Å². The molecule has 106 valence electrons. The summed E-state index contributed by atoms with van der Waals surface area (Å²) in [6.45, 7) is 3.04.